The standard InChI is InChI=1S/C20H26N4O3/c1-2-23-13-20(8-6-18(23)25)7-3-10-24(14-20)19(26)17-5-4-16(27-17)12-22-11-9-21-15-22/h4-5,9,11,15H,2-3,6-8,10,12-14H2,1H3/t20-/m1/s1. The molecule has 144 valence electrons. The van der Waals surface area contributed by atoms with Gasteiger partial charge < -0.3 is 18.8 Å². The summed E-state index contributed by atoms with van der Waals surface area (Å²) in [6, 6.07) is 3.61. The smallest absolute Gasteiger partial charge is 0.289 e. The summed E-state index contributed by atoms with van der Waals surface area (Å²) in [7, 11) is 0. The largest absolute Gasteiger partial charge is 0.454 e. The first-order valence-corrected chi connectivity index (χ1v) is 9.70. The van der Waals surface area contributed by atoms with Crippen LogP contribution in [0.1, 0.15) is 48.9 Å². The molecule has 2 aromatic rings. The fraction of sp³-hybridized carbons (Fsp3) is 0.550. The Hall–Kier alpha value is -2.57. The van der Waals surface area contributed by atoms with Crippen LogP contribution in [0.5, 0.6) is 0 Å². The summed E-state index contributed by atoms with van der Waals surface area (Å²) in [5.74, 6) is 1.32. The van der Waals surface area contributed by atoms with Gasteiger partial charge in [-0.2, -0.15) is 0 Å². The Morgan fingerprint density at radius 2 is 2.19 bits per heavy atom. The summed E-state index contributed by atoms with van der Waals surface area (Å²) >= 11 is 0. The van der Waals surface area contributed by atoms with Crippen molar-refractivity contribution in [3.63, 3.8) is 0 Å². The van der Waals surface area contributed by atoms with E-state index in [4.69, 9.17) is 4.42 Å². The van der Waals surface area contributed by atoms with Crippen molar-refractivity contribution in [2.75, 3.05) is 26.2 Å². The molecule has 7 heteroatoms. The molecule has 2 fully saturated rings. The lowest BCUT2D eigenvalue weighted by molar-refractivity contribution is -0.138. The fourth-order valence-corrected chi connectivity index (χ4v) is 4.40. The van der Waals surface area contributed by atoms with Crippen LogP contribution in [0.3, 0.4) is 0 Å². The van der Waals surface area contributed by atoms with Gasteiger partial charge in [0.25, 0.3) is 5.91 Å². The number of imidazole rings is 1. The van der Waals surface area contributed by atoms with E-state index in [2.05, 4.69) is 4.98 Å². The van der Waals surface area contributed by atoms with E-state index < -0.39 is 0 Å². The molecular weight excluding hydrogens is 344 g/mol. The summed E-state index contributed by atoms with van der Waals surface area (Å²) in [5.41, 5.74) is 0.0318. The summed E-state index contributed by atoms with van der Waals surface area (Å²) < 4.78 is 7.71. The van der Waals surface area contributed by atoms with Crippen molar-refractivity contribution in [2.24, 2.45) is 5.41 Å². The number of amides is 2. The van der Waals surface area contributed by atoms with Gasteiger partial charge in [0.05, 0.1) is 12.9 Å². The molecule has 7 nitrogen and oxygen atoms in total. The zero-order chi connectivity index (χ0) is 18.9. The molecule has 0 aliphatic carbocycles. The van der Waals surface area contributed by atoms with Crippen LogP contribution in [0.2, 0.25) is 0 Å². The van der Waals surface area contributed by atoms with E-state index in [9.17, 15) is 9.59 Å². The first-order valence-electron chi connectivity index (χ1n) is 9.70. The summed E-state index contributed by atoms with van der Waals surface area (Å²) in [6.45, 7) is 5.53. The molecule has 0 saturated carbocycles. The van der Waals surface area contributed by atoms with Gasteiger partial charge in [-0.15, -0.1) is 0 Å². The molecule has 0 radical (unpaired) electrons. The van der Waals surface area contributed by atoms with E-state index in [1.165, 1.54) is 0 Å². The average Bonchev–Trinajstić information content (AvgIpc) is 3.36. The number of hydrogen-bond acceptors (Lipinski definition) is 4. The van der Waals surface area contributed by atoms with Crippen LogP contribution in [0.4, 0.5) is 0 Å². The minimum absolute atomic E-state index is 0.0318. The third-order valence-corrected chi connectivity index (χ3v) is 5.85. The first-order chi connectivity index (χ1) is 13.1. The van der Waals surface area contributed by atoms with Gasteiger partial charge in [-0.1, -0.05) is 0 Å². The van der Waals surface area contributed by atoms with Gasteiger partial charge in [-0.05, 0) is 38.3 Å². The highest BCUT2D eigenvalue weighted by Crippen LogP contribution is 2.39. The minimum atomic E-state index is -0.0501. The first kappa shape index (κ1) is 17.8. The van der Waals surface area contributed by atoms with Crippen molar-refractivity contribution in [2.45, 2.75) is 39.2 Å². The van der Waals surface area contributed by atoms with E-state index >= 15 is 0 Å². The summed E-state index contributed by atoms with van der Waals surface area (Å²) in [5, 5.41) is 0. The molecule has 2 aromatic heterocycles. The van der Waals surface area contributed by atoms with Gasteiger partial charge in [0.15, 0.2) is 5.76 Å². The van der Waals surface area contributed by atoms with Crippen molar-refractivity contribution in [3.8, 4) is 0 Å². The van der Waals surface area contributed by atoms with Crippen LogP contribution in [0, 0.1) is 5.41 Å². The molecule has 0 unspecified atom stereocenters. The molecule has 2 aliphatic heterocycles. The number of likely N-dealkylation sites (tertiary alicyclic amines) is 2. The maximum Gasteiger partial charge on any atom is 0.289 e. The number of nitrogens with zero attached hydrogens (tertiary/aromatic N) is 4. The lowest BCUT2D eigenvalue weighted by Crippen LogP contribution is -2.55. The number of carbonyl (C=O) groups is 2. The van der Waals surface area contributed by atoms with E-state index in [1.807, 2.05) is 33.6 Å². The Morgan fingerprint density at radius 3 is 2.96 bits per heavy atom. The predicted molar refractivity (Wildman–Crippen MR) is 99.1 cm³/mol. The van der Waals surface area contributed by atoms with Gasteiger partial charge >= 0.3 is 0 Å². The van der Waals surface area contributed by atoms with Crippen LogP contribution in [-0.2, 0) is 11.3 Å². The van der Waals surface area contributed by atoms with E-state index in [1.54, 1.807) is 18.6 Å². The number of rotatable bonds is 4. The highest BCUT2D eigenvalue weighted by Gasteiger charge is 2.42. The highest BCUT2D eigenvalue weighted by atomic mass is 16.4. The van der Waals surface area contributed by atoms with Crippen molar-refractivity contribution in [3.05, 3.63) is 42.4 Å². The number of hydrogen-bond donors (Lipinski definition) is 0. The average molecular weight is 370 g/mol. The van der Waals surface area contributed by atoms with Crippen LogP contribution >= 0.6 is 0 Å². The van der Waals surface area contributed by atoms with Crippen molar-refractivity contribution in [1.82, 2.24) is 19.4 Å². The van der Waals surface area contributed by atoms with Crippen molar-refractivity contribution in [1.29, 1.82) is 0 Å². The summed E-state index contributed by atoms with van der Waals surface area (Å²) in [4.78, 5) is 32.9. The molecule has 4 heterocycles. The Bertz CT molecular complexity index is 813. The van der Waals surface area contributed by atoms with Crippen LogP contribution in [0.15, 0.2) is 35.3 Å². The molecule has 2 saturated heterocycles. The van der Waals surface area contributed by atoms with Crippen molar-refractivity contribution < 1.29 is 14.0 Å². The molecule has 1 atom stereocenters. The molecule has 2 aliphatic rings. The second-order valence-corrected chi connectivity index (χ2v) is 7.74. The van der Waals surface area contributed by atoms with Gasteiger partial charge in [-0.3, -0.25) is 9.59 Å². The molecule has 4 rings (SSSR count). The third kappa shape index (κ3) is 3.63. The molecule has 2 amide bonds. The normalized spacial score (nSPS) is 23.2. The van der Waals surface area contributed by atoms with E-state index in [0.717, 1.165) is 44.7 Å². The minimum Gasteiger partial charge on any atom is -0.454 e. The number of carbonyl (C=O) groups excluding carboxylic acids is 2. The van der Waals surface area contributed by atoms with Gasteiger partial charge in [-0.25, -0.2) is 4.98 Å². The van der Waals surface area contributed by atoms with Crippen LogP contribution in [-0.4, -0.2) is 57.3 Å². The maximum atomic E-state index is 13.0. The number of aromatic nitrogens is 2. The van der Waals surface area contributed by atoms with Crippen LogP contribution in [0.25, 0.3) is 0 Å². The third-order valence-electron chi connectivity index (χ3n) is 5.85. The Morgan fingerprint density at radius 1 is 1.30 bits per heavy atom. The molecule has 0 N–H and O–H groups in total. The second kappa shape index (κ2) is 7.21. The van der Waals surface area contributed by atoms with Gasteiger partial charge in [0, 0.05) is 50.4 Å². The molecule has 0 bridgehead atoms. The Kier molecular flexibility index (Phi) is 4.76. The molecule has 27 heavy (non-hydrogen) atoms. The fourth-order valence-electron chi connectivity index (χ4n) is 4.40. The van der Waals surface area contributed by atoms with Gasteiger partial charge in [0.2, 0.25) is 5.91 Å². The zero-order valence-electron chi connectivity index (χ0n) is 15.8. The quantitative estimate of drug-likeness (QED) is 0.828. The SMILES string of the molecule is CCN1C[C@@]2(CCCN(C(=O)c3ccc(Cn4ccnc4)o3)C2)CCC1=O. The van der Waals surface area contributed by atoms with Crippen molar-refractivity contribution >= 4 is 11.8 Å². The van der Waals surface area contributed by atoms with E-state index in [0.29, 0.717) is 25.3 Å². The Labute approximate surface area is 158 Å². The topological polar surface area (TPSA) is 71.6 Å². The highest BCUT2D eigenvalue weighted by molar-refractivity contribution is 5.91. The molecule has 1 spiro atoms. The second-order valence-electron chi connectivity index (χ2n) is 7.74. The van der Waals surface area contributed by atoms with E-state index in [-0.39, 0.29) is 17.2 Å². The van der Waals surface area contributed by atoms with Crippen LogP contribution < -0.4 is 0 Å². The zero-order valence-corrected chi connectivity index (χ0v) is 15.8. The number of piperidine rings is 2. The van der Waals surface area contributed by atoms with Gasteiger partial charge in [0.1, 0.15) is 5.76 Å². The molecule has 0 aromatic carbocycles. The summed E-state index contributed by atoms with van der Waals surface area (Å²) in [6.07, 6.45) is 8.81. The number of furan rings is 1. The Balaban J connectivity index is 1.44. The monoisotopic (exact) mass is 370 g/mol. The predicted octanol–water partition coefficient (Wildman–Crippen LogP) is 2.39. The lowest BCUT2D eigenvalue weighted by Gasteiger charge is -2.48. The lowest BCUT2D eigenvalue weighted by atomic mass is 9.73. The molecular formula is C20H26N4O3. The maximum absolute atomic E-state index is 13.0.